The SMILES string of the molecule is Cc1ccc(N2CCC(=O)NC3(CCCC3)C2=O)cc1. The van der Waals surface area contributed by atoms with E-state index in [1.54, 1.807) is 4.90 Å². The van der Waals surface area contributed by atoms with Crippen molar-refractivity contribution in [3.8, 4) is 0 Å². The molecule has 0 aromatic heterocycles. The van der Waals surface area contributed by atoms with Gasteiger partial charge < -0.3 is 10.2 Å². The first-order valence-electron chi connectivity index (χ1n) is 7.30. The van der Waals surface area contributed by atoms with Gasteiger partial charge in [-0.25, -0.2) is 0 Å². The second-order valence-electron chi connectivity index (χ2n) is 5.88. The molecule has 2 aliphatic rings. The molecule has 1 spiro atoms. The molecule has 0 radical (unpaired) electrons. The smallest absolute Gasteiger partial charge is 0.252 e. The Hall–Kier alpha value is -1.84. The third-order valence-electron chi connectivity index (χ3n) is 4.40. The highest BCUT2D eigenvalue weighted by molar-refractivity contribution is 6.04. The molecule has 1 N–H and O–H groups in total. The van der Waals surface area contributed by atoms with Crippen molar-refractivity contribution in [1.29, 1.82) is 0 Å². The fourth-order valence-corrected chi connectivity index (χ4v) is 3.24. The van der Waals surface area contributed by atoms with E-state index in [9.17, 15) is 9.59 Å². The van der Waals surface area contributed by atoms with E-state index < -0.39 is 5.54 Å². The van der Waals surface area contributed by atoms with Crippen molar-refractivity contribution in [2.45, 2.75) is 44.6 Å². The van der Waals surface area contributed by atoms with Crippen LogP contribution in [0.3, 0.4) is 0 Å². The molecule has 2 amide bonds. The molecule has 1 saturated heterocycles. The molecule has 106 valence electrons. The number of carbonyl (C=O) groups excluding carboxylic acids is 2. The lowest BCUT2D eigenvalue weighted by Gasteiger charge is -2.31. The van der Waals surface area contributed by atoms with Gasteiger partial charge >= 0.3 is 0 Å². The van der Waals surface area contributed by atoms with E-state index in [2.05, 4.69) is 5.32 Å². The Kier molecular flexibility index (Phi) is 3.24. The van der Waals surface area contributed by atoms with Gasteiger partial charge in [-0.3, -0.25) is 9.59 Å². The maximum absolute atomic E-state index is 12.9. The Morgan fingerprint density at radius 3 is 2.40 bits per heavy atom. The maximum atomic E-state index is 12.9. The lowest BCUT2D eigenvalue weighted by molar-refractivity contribution is -0.129. The monoisotopic (exact) mass is 272 g/mol. The summed E-state index contributed by atoms with van der Waals surface area (Å²) in [6, 6.07) is 7.94. The van der Waals surface area contributed by atoms with Crippen molar-refractivity contribution in [2.75, 3.05) is 11.4 Å². The summed E-state index contributed by atoms with van der Waals surface area (Å²) in [4.78, 5) is 26.6. The van der Waals surface area contributed by atoms with Crippen molar-refractivity contribution in [2.24, 2.45) is 0 Å². The molecule has 2 fully saturated rings. The number of nitrogens with one attached hydrogen (secondary N) is 1. The second-order valence-corrected chi connectivity index (χ2v) is 5.88. The predicted molar refractivity (Wildman–Crippen MR) is 77.5 cm³/mol. The first-order valence-corrected chi connectivity index (χ1v) is 7.30. The van der Waals surface area contributed by atoms with Crippen molar-refractivity contribution >= 4 is 17.5 Å². The number of rotatable bonds is 1. The van der Waals surface area contributed by atoms with Gasteiger partial charge in [-0.05, 0) is 31.9 Å². The summed E-state index contributed by atoms with van der Waals surface area (Å²) in [6.45, 7) is 2.49. The third kappa shape index (κ3) is 2.19. The van der Waals surface area contributed by atoms with Crippen molar-refractivity contribution in [3.05, 3.63) is 29.8 Å². The Bertz CT molecular complexity index is 530. The maximum Gasteiger partial charge on any atom is 0.252 e. The average Bonchev–Trinajstić information content (AvgIpc) is 2.85. The summed E-state index contributed by atoms with van der Waals surface area (Å²) >= 11 is 0. The van der Waals surface area contributed by atoms with E-state index in [-0.39, 0.29) is 11.8 Å². The largest absolute Gasteiger partial charge is 0.342 e. The van der Waals surface area contributed by atoms with E-state index in [0.29, 0.717) is 13.0 Å². The van der Waals surface area contributed by atoms with Crippen molar-refractivity contribution < 1.29 is 9.59 Å². The number of aryl methyl sites for hydroxylation is 1. The van der Waals surface area contributed by atoms with Crippen molar-refractivity contribution in [3.63, 3.8) is 0 Å². The van der Waals surface area contributed by atoms with Gasteiger partial charge in [0.1, 0.15) is 5.54 Å². The van der Waals surface area contributed by atoms with Crippen LogP contribution in [0.4, 0.5) is 5.69 Å². The molecule has 1 aromatic rings. The van der Waals surface area contributed by atoms with E-state index >= 15 is 0 Å². The minimum absolute atomic E-state index is 0.00476. The fourth-order valence-electron chi connectivity index (χ4n) is 3.24. The molecule has 4 heteroatoms. The molecular formula is C16H20N2O2. The molecule has 1 aliphatic carbocycles. The Morgan fingerprint density at radius 2 is 1.75 bits per heavy atom. The van der Waals surface area contributed by atoms with Crippen LogP contribution in [-0.4, -0.2) is 23.9 Å². The fraction of sp³-hybridized carbons (Fsp3) is 0.500. The highest BCUT2D eigenvalue weighted by Crippen LogP contribution is 2.34. The first kappa shape index (κ1) is 13.2. The number of benzene rings is 1. The van der Waals surface area contributed by atoms with Crippen molar-refractivity contribution in [1.82, 2.24) is 5.32 Å². The third-order valence-corrected chi connectivity index (χ3v) is 4.40. The average molecular weight is 272 g/mol. The zero-order valence-corrected chi connectivity index (χ0v) is 11.8. The number of carbonyl (C=O) groups is 2. The summed E-state index contributed by atoms with van der Waals surface area (Å²) in [5, 5.41) is 2.98. The lowest BCUT2D eigenvalue weighted by atomic mass is 9.95. The number of hydrogen-bond donors (Lipinski definition) is 1. The number of anilines is 1. The molecule has 1 saturated carbocycles. The summed E-state index contributed by atoms with van der Waals surface area (Å²) in [6.07, 6.45) is 3.92. The van der Waals surface area contributed by atoms with E-state index in [1.807, 2.05) is 31.2 Å². The van der Waals surface area contributed by atoms with E-state index in [1.165, 1.54) is 5.56 Å². The van der Waals surface area contributed by atoms with Gasteiger partial charge in [-0.2, -0.15) is 0 Å². The molecule has 0 atom stereocenters. The lowest BCUT2D eigenvalue weighted by Crippen LogP contribution is -2.55. The molecule has 20 heavy (non-hydrogen) atoms. The van der Waals surface area contributed by atoms with Gasteiger partial charge in [0.25, 0.3) is 5.91 Å². The van der Waals surface area contributed by atoms with Crippen LogP contribution in [0.1, 0.15) is 37.7 Å². The predicted octanol–water partition coefficient (Wildman–Crippen LogP) is 2.16. The Labute approximate surface area is 119 Å². The van der Waals surface area contributed by atoms with E-state index in [0.717, 1.165) is 31.4 Å². The number of amides is 2. The molecule has 1 heterocycles. The van der Waals surface area contributed by atoms with Crippen LogP contribution in [0.2, 0.25) is 0 Å². The summed E-state index contributed by atoms with van der Waals surface area (Å²) < 4.78 is 0. The molecule has 3 rings (SSSR count). The molecule has 0 unspecified atom stereocenters. The Morgan fingerprint density at radius 1 is 1.10 bits per heavy atom. The molecule has 0 bridgehead atoms. The van der Waals surface area contributed by atoms with Gasteiger partial charge in [-0.15, -0.1) is 0 Å². The number of nitrogens with zero attached hydrogens (tertiary/aromatic N) is 1. The van der Waals surface area contributed by atoms with Gasteiger partial charge in [0.2, 0.25) is 5.91 Å². The summed E-state index contributed by atoms with van der Waals surface area (Å²) in [7, 11) is 0. The van der Waals surface area contributed by atoms with Gasteiger partial charge in [-0.1, -0.05) is 30.5 Å². The summed E-state index contributed by atoms with van der Waals surface area (Å²) in [5.74, 6) is 0.0552. The van der Waals surface area contributed by atoms with Crippen LogP contribution in [0.5, 0.6) is 0 Å². The summed E-state index contributed by atoms with van der Waals surface area (Å²) in [5.41, 5.74) is 1.41. The second kappa shape index (κ2) is 4.93. The normalized spacial score (nSPS) is 21.9. The molecule has 1 aliphatic heterocycles. The van der Waals surface area contributed by atoms with Crippen LogP contribution in [-0.2, 0) is 9.59 Å². The first-order chi connectivity index (χ1) is 9.61. The van der Waals surface area contributed by atoms with Gasteiger partial charge in [0.15, 0.2) is 0 Å². The van der Waals surface area contributed by atoms with E-state index in [4.69, 9.17) is 0 Å². The topological polar surface area (TPSA) is 49.4 Å². The van der Waals surface area contributed by atoms with Gasteiger partial charge in [0.05, 0.1) is 0 Å². The quantitative estimate of drug-likeness (QED) is 0.851. The van der Waals surface area contributed by atoms with Crippen LogP contribution in [0, 0.1) is 6.92 Å². The van der Waals surface area contributed by atoms with Crippen LogP contribution in [0.25, 0.3) is 0 Å². The highest BCUT2D eigenvalue weighted by Gasteiger charge is 2.46. The molecular weight excluding hydrogens is 252 g/mol. The van der Waals surface area contributed by atoms with Gasteiger partial charge in [0, 0.05) is 18.7 Å². The Balaban J connectivity index is 1.95. The standard InChI is InChI=1S/C16H20N2O2/c1-12-4-6-13(7-5-12)18-11-8-14(19)17-16(15(18)20)9-2-3-10-16/h4-7H,2-3,8-11H2,1H3,(H,17,19). The van der Waals surface area contributed by atoms with Crippen LogP contribution < -0.4 is 10.2 Å². The van der Waals surface area contributed by atoms with Crippen LogP contribution in [0.15, 0.2) is 24.3 Å². The minimum atomic E-state index is -0.654. The molecule has 4 nitrogen and oxygen atoms in total. The van der Waals surface area contributed by atoms with Crippen LogP contribution >= 0.6 is 0 Å². The zero-order chi connectivity index (χ0) is 14.2. The molecule has 1 aromatic carbocycles. The zero-order valence-electron chi connectivity index (χ0n) is 11.8. The highest BCUT2D eigenvalue weighted by atomic mass is 16.2. The number of hydrogen-bond acceptors (Lipinski definition) is 2. The minimum Gasteiger partial charge on any atom is -0.342 e.